The van der Waals surface area contributed by atoms with E-state index in [1.54, 1.807) is 25.1 Å². The Labute approximate surface area is 108 Å². The van der Waals surface area contributed by atoms with Crippen LogP contribution in [-0.2, 0) is 0 Å². The van der Waals surface area contributed by atoms with Crippen LogP contribution < -0.4 is 5.32 Å². The fourth-order valence-electron chi connectivity index (χ4n) is 2.35. The molecule has 0 radical (unpaired) electrons. The van der Waals surface area contributed by atoms with E-state index in [9.17, 15) is 9.90 Å². The minimum atomic E-state index is -0.0570. The predicted octanol–water partition coefficient (Wildman–Crippen LogP) is 1.52. The molecule has 2 rings (SSSR count). The van der Waals surface area contributed by atoms with E-state index < -0.39 is 0 Å². The van der Waals surface area contributed by atoms with E-state index >= 15 is 0 Å². The molecule has 1 aliphatic rings. The lowest BCUT2D eigenvalue weighted by molar-refractivity contribution is 0.0912. The number of likely N-dealkylation sites (N-methyl/N-ethyl adjacent to an activating group) is 1. The first kappa shape index (κ1) is 12.9. The smallest absolute Gasteiger partial charge is 0.251 e. The van der Waals surface area contributed by atoms with Gasteiger partial charge in [0.15, 0.2) is 0 Å². The molecule has 18 heavy (non-hydrogen) atoms. The van der Waals surface area contributed by atoms with Gasteiger partial charge in [-0.3, -0.25) is 4.79 Å². The van der Waals surface area contributed by atoms with Gasteiger partial charge in [0.05, 0.1) is 0 Å². The van der Waals surface area contributed by atoms with Gasteiger partial charge in [0.25, 0.3) is 5.91 Å². The van der Waals surface area contributed by atoms with Gasteiger partial charge in [-0.1, -0.05) is 0 Å². The van der Waals surface area contributed by atoms with Gasteiger partial charge in [-0.25, -0.2) is 0 Å². The van der Waals surface area contributed by atoms with Gasteiger partial charge >= 0.3 is 0 Å². The standard InChI is InChI=1S/C14H20N2O2/c1-10-8-11(5-6-13(10)17)14(18)15-12-4-3-7-16(2)9-12/h5-6,8,12,17H,3-4,7,9H2,1-2H3,(H,15,18). The van der Waals surface area contributed by atoms with Crippen LogP contribution in [0.15, 0.2) is 18.2 Å². The molecule has 1 aromatic carbocycles. The van der Waals surface area contributed by atoms with E-state index in [1.807, 2.05) is 0 Å². The number of benzene rings is 1. The number of phenols is 1. The molecule has 0 bridgehead atoms. The summed E-state index contributed by atoms with van der Waals surface area (Å²) in [5.41, 5.74) is 1.34. The first-order valence-corrected chi connectivity index (χ1v) is 6.35. The maximum atomic E-state index is 12.1. The van der Waals surface area contributed by atoms with Gasteiger partial charge in [0.1, 0.15) is 5.75 Å². The number of piperidine rings is 1. The van der Waals surface area contributed by atoms with Gasteiger partial charge < -0.3 is 15.3 Å². The average molecular weight is 248 g/mol. The summed E-state index contributed by atoms with van der Waals surface area (Å²) in [5.74, 6) is 0.169. The molecule has 1 fully saturated rings. The molecule has 1 heterocycles. The van der Waals surface area contributed by atoms with Crippen molar-refractivity contribution in [2.24, 2.45) is 0 Å². The van der Waals surface area contributed by atoms with Crippen LogP contribution in [-0.4, -0.2) is 42.1 Å². The van der Waals surface area contributed by atoms with E-state index in [2.05, 4.69) is 17.3 Å². The zero-order valence-corrected chi connectivity index (χ0v) is 10.9. The van der Waals surface area contributed by atoms with Crippen LogP contribution in [0.5, 0.6) is 5.75 Å². The Morgan fingerprint density at radius 1 is 1.50 bits per heavy atom. The first-order chi connectivity index (χ1) is 8.56. The van der Waals surface area contributed by atoms with Crippen molar-refractivity contribution < 1.29 is 9.90 Å². The molecule has 0 saturated carbocycles. The molecule has 1 saturated heterocycles. The van der Waals surface area contributed by atoms with Crippen molar-refractivity contribution in [3.8, 4) is 5.75 Å². The molecule has 4 nitrogen and oxygen atoms in total. The molecule has 98 valence electrons. The predicted molar refractivity (Wildman–Crippen MR) is 70.8 cm³/mol. The summed E-state index contributed by atoms with van der Waals surface area (Å²) in [6.45, 7) is 3.80. The Hall–Kier alpha value is -1.55. The number of carbonyl (C=O) groups excluding carboxylic acids is 1. The lowest BCUT2D eigenvalue weighted by Gasteiger charge is -2.30. The van der Waals surface area contributed by atoms with Gasteiger partial charge in [0, 0.05) is 18.2 Å². The maximum absolute atomic E-state index is 12.1. The molecule has 4 heteroatoms. The van der Waals surface area contributed by atoms with Crippen molar-refractivity contribution in [1.29, 1.82) is 0 Å². The molecule has 1 atom stereocenters. The second-order valence-corrected chi connectivity index (χ2v) is 5.08. The Kier molecular flexibility index (Phi) is 3.87. The highest BCUT2D eigenvalue weighted by Gasteiger charge is 2.19. The number of amides is 1. The van der Waals surface area contributed by atoms with Crippen molar-refractivity contribution >= 4 is 5.91 Å². The molecular formula is C14H20N2O2. The summed E-state index contributed by atoms with van der Waals surface area (Å²) in [6, 6.07) is 5.17. The Morgan fingerprint density at radius 2 is 2.28 bits per heavy atom. The van der Waals surface area contributed by atoms with Gasteiger partial charge in [0.2, 0.25) is 0 Å². The van der Waals surface area contributed by atoms with Crippen LogP contribution in [0.4, 0.5) is 0 Å². The highest BCUT2D eigenvalue weighted by Crippen LogP contribution is 2.17. The minimum absolute atomic E-state index is 0.0570. The Bertz CT molecular complexity index is 445. The number of aromatic hydroxyl groups is 1. The second kappa shape index (κ2) is 5.40. The van der Waals surface area contributed by atoms with Gasteiger partial charge in [-0.2, -0.15) is 0 Å². The van der Waals surface area contributed by atoms with E-state index in [0.29, 0.717) is 5.56 Å². The molecule has 0 aromatic heterocycles. The quantitative estimate of drug-likeness (QED) is 0.834. The molecule has 1 amide bonds. The number of rotatable bonds is 2. The highest BCUT2D eigenvalue weighted by atomic mass is 16.3. The summed E-state index contributed by atoms with van der Waals surface area (Å²) >= 11 is 0. The van der Waals surface area contributed by atoms with Crippen LogP contribution in [0, 0.1) is 6.92 Å². The van der Waals surface area contributed by atoms with Crippen LogP contribution >= 0.6 is 0 Å². The first-order valence-electron chi connectivity index (χ1n) is 6.35. The van der Waals surface area contributed by atoms with Crippen molar-refractivity contribution in [3.63, 3.8) is 0 Å². The van der Waals surface area contributed by atoms with Crippen molar-refractivity contribution in [2.45, 2.75) is 25.8 Å². The third kappa shape index (κ3) is 3.01. The van der Waals surface area contributed by atoms with Crippen LogP contribution in [0.25, 0.3) is 0 Å². The third-order valence-corrected chi connectivity index (χ3v) is 3.42. The molecule has 0 spiro atoms. The Morgan fingerprint density at radius 3 is 2.94 bits per heavy atom. The van der Waals surface area contributed by atoms with Crippen molar-refractivity contribution in [1.82, 2.24) is 10.2 Å². The second-order valence-electron chi connectivity index (χ2n) is 5.08. The van der Waals surface area contributed by atoms with E-state index in [1.165, 1.54) is 0 Å². The van der Waals surface area contributed by atoms with Crippen molar-refractivity contribution in [3.05, 3.63) is 29.3 Å². The zero-order chi connectivity index (χ0) is 13.1. The van der Waals surface area contributed by atoms with Crippen LogP contribution in [0.1, 0.15) is 28.8 Å². The lowest BCUT2D eigenvalue weighted by atomic mass is 10.0. The van der Waals surface area contributed by atoms with E-state index in [4.69, 9.17) is 0 Å². The molecule has 2 N–H and O–H groups in total. The number of hydrogen-bond donors (Lipinski definition) is 2. The summed E-state index contributed by atoms with van der Waals surface area (Å²) in [7, 11) is 2.07. The van der Waals surface area contributed by atoms with Crippen LogP contribution in [0.3, 0.4) is 0 Å². The number of nitrogens with one attached hydrogen (secondary N) is 1. The summed E-state index contributed by atoms with van der Waals surface area (Å²) in [4.78, 5) is 14.3. The van der Waals surface area contributed by atoms with E-state index in [0.717, 1.165) is 31.5 Å². The number of nitrogens with zero attached hydrogens (tertiary/aromatic N) is 1. The molecule has 1 aromatic rings. The number of hydrogen-bond acceptors (Lipinski definition) is 3. The number of phenolic OH excluding ortho intramolecular Hbond substituents is 1. The summed E-state index contributed by atoms with van der Waals surface area (Å²) < 4.78 is 0. The minimum Gasteiger partial charge on any atom is -0.508 e. The molecular weight excluding hydrogens is 228 g/mol. The topological polar surface area (TPSA) is 52.6 Å². The SMILES string of the molecule is Cc1cc(C(=O)NC2CCCN(C)C2)ccc1O. The molecule has 1 aliphatic heterocycles. The average Bonchev–Trinajstić information content (AvgIpc) is 2.32. The number of aryl methyl sites for hydroxylation is 1. The number of likely N-dealkylation sites (tertiary alicyclic amines) is 1. The summed E-state index contributed by atoms with van der Waals surface area (Å²) in [5, 5.41) is 12.5. The van der Waals surface area contributed by atoms with Crippen molar-refractivity contribution in [2.75, 3.05) is 20.1 Å². The fourth-order valence-corrected chi connectivity index (χ4v) is 2.35. The van der Waals surface area contributed by atoms with E-state index in [-0.39, 0.29) is 17.7 Å². The van der Waals surface area contributed by atoms with Gasteiger partial charge in [-0.05, 0) is 57.1 Å². The third-order valence-electron chi connectivity index (χ3n) is 3.42. The normalized spacial score (nSPS) is 20.7. The fraction of sp³-hybridized carbons (Fsp3) is 0.500. The van der Waals surface area contributed by atoms with Crippen LogP contribution in [0.2, 0.25) is 0 Å². The largest absolute Gasteiger partial charge is 0.508 e. The van der Waals surface area contributed by atoms with Gasteiger partial charge in [-0.15, -0.1) is 0 Å². The monoisotopic (exact) mass is 248 g/mol. The maximum Gasteiger partial charge on any atom is 0.251 e. The molecule has 0 aliphatic carbocycles. The number of carbonyl (C=O) groups is 1. The summed E-state index contributed by atoms with van der Waals surface area (Å²) in [6.07, 6.45) is 2.16. The highest BCUT2D eigenvalue weighted by molar-refractivity contribution is 5.94. The Balaban J connectivity index is 2.00. The zero-order valence-electron chi connectivity index (χ0n) is 10.9. The lowest BCUT2D eigenvalue weighted by Crippen LogP contribution is -2.46. The molecule has 1 unspecified atom stereocenters.